The molecule has 2 heteroatoms. The Morgan fingerprint density at radius 1 is 1.00 bits per heavy atom. The summed E-state index contributed by atoms with van der Waals surface area (Å²) >= 11 is 0. The highest BCUT2D eigenvalue weighted by molar-refractivity contribution is 5.92. The average molecular weight is 301 g/mol. The number of nitrogens with one attached hydrogen (secondary N) is 1. The first-order chi connectivity index (χ1) is 10.8. The van der Waals surface area contributed by atoms with E-state index in [1.165, 1.54) is 56.9 Å². The smallest absolute Gasteiger partial charge is 0.227 e. The van der Waals surface area contributed by atoms with Gasteiger partial charge in [0, 0.05) is 11.6 Å². The molecule has 1 aliphatic carbocycles. The Bertz CT molecular complexity index is 432. The van der Waals surface area contributed by atoms with Gasteiger partial charge in [0.15, 0.2) is 0 Å². The van der Waals surface area contributed by atoms with Crippen molar-refractivity contribution in [3.8, 4) is 0 Å². The van der Waals surface area contributed by atoms with E-state index in [-0.39, 0.29) is 11.8 Å². The summed E-state index contributed by atoms with van der Waals surface area (Å²) in [6.45, 7) is 2.25. The van der Waals surface area contributed by atoms with E-state index >= 15 is 0 Å². The molecule has 1 fully saturated rings. The number of carbonyl (C=O) groups excluding carboxylic acids is 1. The summed E-state index contributed by atoms with van der Waals surface area (Å²) in [5.74, 6) is 0.444. The van der Waals surface area contributed by atoms with Gasteiger partial charge in [-0.25, -0.2) is 0 Å². The van der Waals surface area contributed by atoms with Gasteiger partial charge in [-0.1, -0.05) is 64.0 Å². The third-order valence-corrected chi connectivity index (χ3v) is 4.77. The van der Waals surface area contributed by atoms with Gasteiger partial charge in [0.25, 0.3) is 0 Å². The highest BCUT2D eigenvalue weighted by atomic mass is 16.1. The molecule has 1 saturated carbocycles. The molecule has 22 heavy (non-hydrogen) atoms. The SMILES string of the molecule is CCCCCCCc1ccc(NC(=O)C2CCCCC2)cc1. The first kappa shape index (κ1) is 17.1. The molecule has 1 amide bonds. The van der Waals surface area contributed by atoms with Crippen LogP contribution in [0, 0.1) is 5.92 Å². The third kappa shape index (κ3) is 5.82. The minimum Gasteiger partial charge on any atom is -0.326 e. The molecular weight excluding hydrogens is 270 g/mol. The number of amides is 1. The zero-order valence-electron chi connectivity index (χ0n) is 14.1. The molecule has 0 bridgehead atoms. The van der Waals surface area contributed by atoms with Crippen LogP contribution in [0.15, 0.2) is 24.3 Å². The predicted octanol–water partition coefficient (Wildman–Crippen LogP) is 5.72. The molecule has 0 saturated heterocycles. The molecular formula is C20H31NO. The van der Waals surface area contributed by atoms with E-state index in [4.69, 9.17) is 0 Å². The Hall–Kier alpha value is -1.31. The minimum absolute atomic E-state index is 0.215. The summed E-state index contributed by atoms with van der Waals surface area (Å²) in [6, 6.07) is 8.44. The van der Waals surface area contributed by atoms with E-state index in [9.17, 15) is 4.79 Å². The molecule has 2 nitrogen and oxygen atoms in total. The molecule has 0 heterocycles. The van der Waals surface area contributed by atoms with Gasteiger partial charge >= 0.3 is 0 Å². The van der Waals surface area contributed by atoms with Crippen molar-refractivity contribution in [3.05, 3.63) is 29.8 Å². The summed E-state index contributed by atoms with van der Waals surface area (Å²) in [5.41, 5.74) is 2.33. The number of aryl methyl sites for hydroxylation is 1. The van der Waals surface area contributed by atoms with Gasteiger partial charge in [0.1, 0.15) is 0 Å². The summed E-state index contributed by atoms with van der Waals surface area (Å²) in [5, 5.41) is 3.08. The quantitative estimate of drug-likeness (QED) is 0.611. The van der Waals surface area contributed by atoms with Crippen LogP contribution in [-0.4, -0.2) is 5.91 Å². The molecule has 1 aliphatic rings. The first-order valence-electron chi connectivity index (χ1n) is 9.19. The molecule has 122 valence electrons. The van der Waals surface area contributed by atoms with E-state index in [2.05, 4.69) is 36.5 Å². The molecule has 0 aliphatic heterocycles. The van der Waals surface area contributed by atoms with E-state index < -0.39 is 0 Å². The lowest BCUT2D eigenvalue weighted by atomic mass is 9.88. The largest absolute Gasteiger partial charge is 0.326 e. The van der Waals surface area contributed by atoms with E-state index in [1.54, 1.807) is 0 Å². The Morgan fingerprint density at radius 2 is 1.68 bits per heavy atom. The zero-order chi connectivity index (χ0) is 15.6. The summed E-state index contributed by atoms with van der Waals surface area (Å²) in [4.78, 5) is 12.2. The number of unbranched alkanes of at least 4 members (excludes halogenated alkanes) is 4. The molecule has 0 spiro atoms. The van der Waals surface area contributed by atoms with E-state index in [1.807, 2.05) is 0 Å². The third-order valence-electron chi connectivity index (χ3n) is 4.77. The number of carbonyl (C=O) groups is 1. The fraction of sp³-hybridized carbons (Fsp3) is 0.650. The van der Waals surface area contributed by atoms with Gasteiger partial charge in [-0.2, -0.15) is 0 Å². The topological polar surface area (TPSA) is 29.1 Å². The van der Waals surface area contributed by atoms with Gasteiger partial charge in [-0.3, -0.25) is 4.79 Å². The molecule has 2 rings (SSSR count). The minimum atomic E-state index is 0.215. The highest BCUT2D eigenvalue weighted by Crippen LogP contribution is 2.25. The Morgan fingerprint density at radius 3 is 2.36 bits per heavy atom. The summed E-state index contributed by atoms with van der Waals surface area (Å²) < 4.78 is 0. The van der Waals surface area contributed by atoms with Gasteiger partial charge in [0.05, 0.1) is 0 Å². The lowest BCUT2D eigenvalue weighted by Gasteiger charge is -2.20. The molecule has 0 atom stereocenters. The molecule has 0 unspecified atom stereocenters. The second-order valence-electron chi connectivity index (χ2n) is 6.69. The van der Waals surface area contributed by atoms with Crippen molar-refractivity contribution in [2.24, 2.45) is 5.92 Å². The second-order valence-corrected chi connectivity index (χ2v) is 6.69. The molecule has 1 aromatic carbocycles. The van der Waals surface area contributed by atoms with Gasteiger partial charge < -0.3 is 5.32 Å². The predicted molar refractivity (Wildman–Crippen MR) is 94.1 cm³/mol. The Balaban J connectivity index is 1.72. The van der Waals surface area contributed by atoms with Crippen molar-refractivity contribution in [2.45, 2.75) is 77.6 Å². The standard InChI is InChI=1S/C20H31NO/c1-2-3-4-5-7-10-17-13-15-19(16-14-17)21-20(22)18-11-8-6-9-12-18/h13-16,18H,2-12H2,1H3,(H,21,22). The highest BCUT2D eigenvalue weighted by Gasteiger charge is 2.20. The number of hydrogen-bond acceptors (Lipinski definition) is 1. The van der Waals surface area contributed by atoms with Crippen LogP contribution in [0.5, 0.6) is 0 Å². The summed E-state index contributed by atoms with van der Waals surface area (Å²) in [6.07, 6.45) is 13.6. The monoisotopic (exact) mass is 301 g/mol. The van der Waals surface area contributed by atoms with Crippen LogP contribution in [0.1, 0.15) is 76.7 Å². The van der Waals surface area contributed by atoms with Gasteiger partial charge in [0.2, 0.25) is 5.91 Å². The average Bonchev–Trinajstić information content (AvgIpc) is 2.57. The lowest BCUT2D eigenvalue weighted by molar-refractivity contribution is -0.120. The van der Waals surface area contributed by atoms with Crippen LogP contribution in [0.4, 0.5) is 5.69 Å². The molecule has 1 aromatic rings. The number of benzene rings is 1. The maximum absolute atomic E-state index is 12.2. The van der Waals surface area contributed by atoms with Crippen molar-refractivity contribution in [1.29, 1.82) is 0 Å². The van der Waals surface area contributed by atoms with Crippen molar-refractivity contribution in [3.63, 3.8) is 0 Å². The fourth-order valence-corrected chi connectivity index (χ4v) is 3.30. The van der Waals surface area contributed by atoms with Gasteiger partial charge in [-0.15, -0.1) is 0 Å². The van der Waals surface area contributed by atoms with Gasteiger partial charge in [-0.05, 0) is 43.4 Å². The lowest BCUT2D eigenvalue weighted by Crippen LogP contribution is -2.24. The molecule has 0 aromatic heterocycles. The van der Waals surface area contributed by atoms with Crippen LogP contribution in [0.3, 0.4) is 0 Å². The molecule has 1 N–H and O–H groups in total. The van der Waals surface area contributed by atoms with Crippen LogP contribution in [0.2, 0.25) is 0 Å². The number of anilines is 1. The number of hydrogen-bond donors (Lipinski definition) is 1. The second kappa shape index (κ2) is 9.66. The van der Waals surface area contributed by atoms with Crippen molar-refractivity contribution in [2.75, 3.05) is 5.32 Å². The van der Waals surface area contributed by atoms with Crippen molar-refractivity contribution < 1.29 is 4.79 Å². The van der Waals surface area contributed by atoms with Crippen LogP contribution >= 0.6 is 0 Å². The molecule has 0 radical (unpaired) electrons. The van der Waals surface area contributed by atoms with Crippen LogP contribution < -0.4 is 5.32 Å². The van der Waals surface area contributed by atoms with Crippen LogP contribution in [-0.2, 0) is 11.2 Å². The van der Waals surface area contributed by atoms with Crippen molar-refractivity contribution in [1.82, 2.24) is 0 Å². The number of rotatable bonds is 8. The Kier molecular flexibility index (Phi) is 7.48. The zero-order valence-corrected chi connectivity index (χ0v) is 14.1. The maximum atomic E-state index is 12.2. The maximum Gasteiger partial charge on any atom is 0.227 e. The summed E-state index contributed by atoms with van der Waals surface area (Å²) in [7, 11) is 0. The normalized spacial score (nSPS) is 15.7. The van der Waals surface area contributed by atoms with E-state index in [0.717, 1.165) is 24.9 Å². The van der Waals surface area contributed by atoms with Crippen LogP contribution in [0.25, 0.3) is 0 Å². The first-order valence-corrected chi connectivity index (χ1v) is 9.19. The van der Waals surface area contributed by atoms with E-state index in [0.29, 0.717) is 0 Å². The Labute approximate surface area is 135 Å². The van der Waals surface area contributed by atoms with Crippen molar-refractivity contribution >= 4 is 11.6 Å². The fourth-order valence-electron chi connectivity index (χ4n) is 3.30.